The number of fused-ring (bicyclic) bond motifs is 1. The third kappa shape index (κ3) is 2.29. The Morgan fingerprint density at radius 3 is 2.83 bits per heavy atom. The third-order valence-corrected chi connectivity index (χ3v) is 4.24. The fourth-order valence-electron chi connectivity index (χ4n) is 2.78. The molecule has 4 atom stereocenters. The van der Waals surface area contributed by atoms with E-state index in [9.17, 15) is 5.11 Å². The number of ether oxygens (including phenoxy) is 2. The van der Waals surface area contributed by atoms with Gasteiger partial charge in [0.2, 0.25) is 0 Å². The van der Waals surface area contributed by atoms with Crippen molar-refractivity contribution in [2.24, 2.45) is 0 Å². The van der Waals surface area contributed by atoms with Crippen LogP contribution in [0.3, 0.4) is 0 Å². The number of rotatable bonds is 1. The molecule has 0 bridgehead atoms. The van der Waals surface area contributed by atoms with E-state index in [-0.39, 0.29) is 12.2 Å². The first-order valence-corrected chi connectivity index (χ1v) is 7.22. The first-order valence-electron chi connectivity index (χ1n) is 6.43. The van der Waals surface area contributed by atoms with Crippen LogP contribution >= 0.6 is 15.9 Å². The van der Waals surface area contributed by atoms with Gasteiger partial charge in [0, 0.05) is 16.5 Å². The summed E-state index contributed by atoms with van der Waals surface area (Å²) < 4.78 is 12.8. The molecule has 1 N–H and O–H groups in total. The van der Waals surface area contributed by atoms with Gasteiger partial charge in [-0.1, -0.05) is 15.9 Å². The highest BCUT2D eigenvalue weighted by molar-refractivity contribution is 9.10. The number of benzene rings is 1. The minimum Gasteiger partial charge on any atom is -0.487 e. The van der Waals surface area contributed by atoms with E-state index in [1.54, 1.807) is 0 Å². The van der Waals surface area contributed by atoms with Crippen molar-refractivity contribution in [3.63, 3.8) is 0 Å². The lowest BCUT2D eigenvalue weighted by atomic mass is 9.95. The van der Waals surface area contributed by atoms with Crippen molar-refractivity contribution < 1.29 is 14.6 Å². The maximum Gasteiger partial charge on any atom is 0.128 e. The van der Waals surface area contributed by atoms with Gasteiger partial charge in [-0.2, -0.15) is 0 Å². The van der Waals surface area contributed by atoms with E-state index in [2.05, 4.69) is 22.9 Å². The summed E-state index contributed by atoms with van der Waals surface area (Å²) in [7, 11) is 0. The topological polar surface area (TPSA) is 38.7 Å². The zero-order valence-corrected chi connectivity index (χ0v) is 11.9. The summed E-state index contributed by atoms with van der Waals surface area (Å²) in [6.07, 6.45) is 2.64. The number of hydrogen-bond donors (Lipinski definition) is 1. The Kier molecular flexibility index (Phi) is 3.34. The summed E-state index contributed by atoms with van der Waals surface area (Å²) in [5, 5.41) is 10.2. The molecule has 2 heterocycles. The fraction of sp³-hybridized carbons (Fsp3) is 0.571. The summed E-state index contributed by atoms with van der Waals surface area (Å²) in [6, 6.07) is 5.77. The Hall–Kier alpha value is -0.580. The molecule has 18 heavy (non-hydrogen) atoms. The van der Waals surface area contributed by atoms with E-state index in [1.807, 2.05) is 18.2 Å². The van der Waals surface area contributed by atoms with Gasteiger partial charge >= 0.3 is 0 Å². The Morgan fingerprint density at radius 1 is 1.28 bits per heavy atom. The van der Waals surface area contributed by atoms with Crippen LogP contribution in [0.5, 0.6) is 5.75 Å². The highest BCUT2D eigenvalue weighted by Gasteiger charge is 2.36. The Labute approximate surface area is 115 Å². The molecular formula is C14H17BrO3. The van der Waals surface area contributed by atoms with E-state index >= 15 is 0 Å². The minimum absolute atomic E-state index is 0.0291. The predicted molar refractivity (Wildman–Crippen MR) is 71.7 cm³/mol. The summed E-state index contributed by atoms with van der Waals surface area (Å²) in [5.74, 6) is 0.783. The third-order valence-electron chi connectivity index (χ3n) is 3.74. The zero-order chi connectivity index (χ0) is 12.7. The smallest absolute Gasteiger partial charge is 0.128 e. The average Bonchev–Trinajstić information content (AvgIpc) is 2.77. The lowest BCUT2D eigenvalue weighted by Crippen LogP contribution is -2.36. The van der Waals surface area contributed by atoms with Gasteiger partial charge in [0.15, 0.2) is 0 Å². The maximum atomic E-state index is 10.2. The molecule has 98 valence electrons. The van der Waals surface area contributed by atoms with Crippen LogP contribution in [0, 0.1) is 0 Å². The number of halogens is 1. The van der Waals surface area contributed by atoms with Gasteiger partial charge < -0.3 is 14.6 Å². The first-order chi connectivity index (χ1) is 8.63. The number of hydrogen-bond acceptors (Lipinski definition) is 3. The van der Waals surface area contributed by atoms with Crippen LogP contribution in [-0.4, -0.2) is 23.4 Å². The average molecular weight is 313 g/mol. The van der Waals surface area contributed by atoms with E-state index in [0.29, 0.717) is 12.5 Å². The standard InChI is InChI=1S/C14H17BrO3/c1-8-2-4-13(17-8)14-7-11(16)10-6-9(15)3-5-12(10)18-14/h3,5-6,8,11,13-14,16H,2,4,7H2,1H3/t8?,11-,13?,14?/m1/s1. The maximum absolute atomic E-state index is 10.2. The SMILES string of the molecule is CC1CCC(C2C[C@@H](O)c3cc(Br)ccc3O2)O1. The summed E-state index contributed by atoms with van der Waals surface area (Å²) in [5.41, 5.74) is 0.867. The van der Waals surface area contributed by atoms with Crippen LogP contribution in [0.2, 0.25) is 0 Å². The molecule has 0 saturated carbocycles. The molecule has 0 amide bonds. The summed E-state index contributed by atoms with van der Waals surface area (Å²) >= 11 is 3.42. The van der Waals surface area contributed by atoms with E-state index in [4.69, 9.17) is 9.47 Å². The molecule has 0 aliphatic carbocycles. The van der Waals surface area contributed by atoms with Gasteiger partial charge in [0.25, 0.3) is 0 Å². The minimum atomic E-state index is -0.462. The zero-order valence-electron chi connectivity index (χ0n) is 10.3. The molecule has 3 unspecified atom stereocenters. The van der Waals surface area contributed by atoms with Crippen LogP contribution in [0.15, 0.2) is 22.7 Å². The molecule has 4 heteroatoms. The molecule has 2 aliphatic heterocycles. The van der Waals surface area contributed by atoms with Gasteiger partial charge in [-0.25, -0.2) is 0 Å². The van der Waals surface area contributed by atoms with Crippen molar-refractivity contribution in [2.45, 2.75) is 50.6 Å². The Morgan fingerprint density at radius 2 is 2.11 bits per heavy atom. The Balaban J connectivity index is 1.81. The molecule has 3 nitrogen and oxygen atoms in total. The monoisotopic (exact) mass is 312 g/mol. The molecular weight excluding hydrogens is 296 g/mol. The van der Waals surface area contributed by atoms with Crippen LogP contribution in [0.1, 0.15) is 37.9 Å². The molecule has 1 aromatic carbocycles. The number of aliphatic hydroxyl groups excluding tert-OH is 1. The largest absolute Gasteiger partial charge is 0.487 e. The van der Waals surface area contributed by atoms with Gasteiger partial charge in [-0.3, -0.25) is 0 Å². The molecule has 2 aliphatic rings. The Bertz CT molecular complexity index is 449. The van der Waals surface area contributed by atoms with Crippen LogP contribution in [0.25, 0.3) is 0 Å². The van der Waals surface area contributed by atoms with Gasteiger partial charge in [0.1, 0.15) is 11.9 Å². The molecule has 1 saturated heterocycles. The highest BCUT2D eigenvalue weighted by Crippen LogP contribution is 2.39. The first kappa shape index (κ1) is 12.5. The molecule has 0 aromatic heterocycles. The second-order valence-electron chi connectivity index (χ2n) is 5.15. The van der Waals surface area contributed by atoms with Gasteiger partial charge in [-0.05, 0) is 38.0 Å². The molecule has 0 radical (unpaired) electrons. The van der Waals surface area contributed by atoms with Crippen molar-refractivity contribution in [3.8, 4) is 5.75 Å². The van der Waals surface area contributed by atoms with E-state index in [1.165, 1.54) is 0 Å². The van der Waals surface area contributed by atoms with Crippen molar-refractivity contribution in [2.75, 3.05) is 0 Å². The highest BCUT2D eigenvalue weighted by atomic mass is 79.9. The summed E-state index contributed by atoms with van der Waals surface area (Å²) in [4.78, 5) is 0. The molecule has 1 aromatic rings. The van der Waals surface area contributed by atoms with Gasteiger partial charge in [0.05, 0.1) is 18.3 Å². The number of aliphatic hydroxyl groups is 1. The second-order valence-corrected chi connectivity index (χ2v) is 6.07. The van der Waals surface area contributed by atoms with Crippen LogP contribution in [0.4, 0.5) is 0 Å². The molecule has 1 fully saturated rings. The van der Waals surface area contributed by atoms with Crippen molar-refractivity contribution in [3.05, 3.63) is 28.2 Å². The predicted octanol–water partition coefficient (Wildman–Crippen LogP) is 3.20. The summed E-state index contributed by atoms with van der Waals surface area (Å²) in [6.45, 7) is 2.09. The lowest BCUT2D eigenvalue weighted by molar-refractivity contribution is -0.0465. The van der Waals surface area contributed by atoms with Gasteiger partial charge in [-0.15, -0.1) is 0 Å². The van der Waals surface area contributed by atoms with Crippen molar-refractivity contribution in [1.82, 2.24) is 0 Å². The lowest BCUT2D eigenvalue weighted by Gasteiger charge is -2.33. The molecule has 3 rings (SSSR count). The van der Waals surface area contributed by atoms with Crippen molar-refractivity contribution >= 4 is 15.9 Å². The molecule has 0 spiro atoms. The fourth-order valence-corrected chi connectivity index (χ4v) is 3.16. The van der Waals surface area contributed by atoms with Crippen molar-refractivity contribution in [1.29, 1.82) is 0 Å². The second kappa shape index (κ2) is 4.83. The normalized spacial score (nSPS) is 35.1. The van der Waals surface area contributed by atoms with Crippen LogP contribution < -0.4 is 4.74 Å². The quantitative estimate of drug-likeness (QED) is 0.865. The van der Waals surface area contributed by atoms with E-state index in [0.717, 1.165) is 28.6 Å². The van der Waals surface area contributed by atoms with Crippen LogP contribution in [-0.2, 0) is 4.74 Å². The van der Waals surface area contributed by atoms with E-state index < -0.39 is 6.10 Å².